The molecule has 2 saturated heterocycles. The SMILES string of the molecule is COc1cccc(NC(=O)N2CCN(Cc3nc4cc(C(=O)N5CCCC5)ccc4n3C)CC2)c1. The predicted molar refractivity (Wildman–Crippen MR) is 135 cm³/mol. The zero-order valence-electron chi connectivity index (χ0n) is 20.4. The Kier molecular flexibility index (Phi) is 6.59. The highest BCUT2D eigenvalue weighted by Crippen LogP contribution is 2.21. The van der Waals surface area contributed by atoms with Gasteiger partial charge in [-0.3, -0.25) is 9.69 Å². The van der Waals surface area contributed by atoms with Crippen LogP contribution in [-0.4, -0.2) is 82.6 Å². The maximum absolute atomic E-state index is 12.8. The van der Waals surface area contributed by atoms with Gasteiger partial charge in [0.2, 0.25) is 0 Å². The van der Waals surface area contributed by atoms with Gasteiger partial charge in [-0.25, -0.2) is 9.78 Å². The van der Waals surface area contributed by atoms with Gasteiger partial charge in [-0.05, 0) is 43.2 Å². The number of amides is 3. The summed E-state index contributed by atoms with van der Waals surface area (Å²) in [6, 6.07) is 13.1. The summed E-state index contributed by atoms with van der Waals surface area (Å²) in [6.07, 6.45) is 2.16. The lowest BCUT2D eigenvalue weighted by atomic mass is 10.2. The number of aromatic nitrogens is 2. The second-order valence-electron chi connectivity index (χ2n) is 9.22. The van der Waals surface area contributed by atoms with Crippen molar-refractivity contribution < 1.29 is 14.3 Å². The second-order valence-corrected chi connectivity index (χ2v) is 9.22. The molecule has 184 valence electrons. The van der Waals surface area contributed by atoms with Gasteiger partial charge in [-0.1, -0.05) is 6.07 Å². The highest BCUT2D eigenvalue weighted by atomic mass is 16.5. The van der Waals surface area contributed by atoms with Crippen molar-refractivity contribution in [2.45, 2.75) is 19.4 Å². The van der Waals surface area contributed by atoms with E-state index < -0.39 is 0 Å². The van der Waals surface area contributed by atoms with Gasteiger partial charge in [-0.2, -0.15) is 0 Å². The van der Waals surface area contributed by atoms with Crippen LogP contribution < -0.4 is 10.1 Å². The number of imidazole rings is 1. The van der Waals surface area contributed by atoms with E-state index in [4.69, 9.17) is 9.72 Å². The fraction of sp³-hybridized carbons (Fsp3) is 0.423. The maximum Gasteiger partial charge on any atom is 0.321 e. The zero-order chi connectivity index (χ0) is 24.4. The summed E-state index contributed by atoms with van der Waals surface area (Å²) in [5.41, 5.74) is 3.30. The van der Waals surface area contributed by atoms with Gasteiger partial charge in [0.1, 0.15) is 11.6 Å². The van der Waals surface area contributed by atoms with Crippen molar-refractivity contribution in [2.75, 3.05) is 51.7 Å². The third-order valence-electron chi connectivity index (χ3n) is 6.96. The van der Waals surface area contributed by atoms with Crippen LogP contribution in [0.4, 0.5) is 10.5 Å². The Labute approximate surface area is 205 Å². The number of rotatable bonds is 5. The van der Waals surface area contributed by atoms with Gasteiger partial charge < -0.3 is 24.4 Å². The fourth-order valence-electron chi connectivity index (χ4n) is 4.84. The molecule has 0 bridgehead atoms. The first-order chi connectivity index (χ1) is 17.0. The lowest BCUT2D eigenvalue weighted by molar-refractivity contribution is 0.0793. The molecule has 0 radical (unpaired) electrons. The van der Waals surface area contributed by atoms with E-state index >= 15 is 0 Å². The molecule has 9 nitrogen and oxygen atoms in total. The van der Waals surface area contributed by atoms with Gasteiger partial charge in [0, 0.05) is 63.6 Å². The van der Waals surface area contributed by atoms with Crippen molar-refractivity contribution in [1.82, 2.24) is 24.3 Å². The maximum atomic E-state index is 12.8. The highest BCUT2D eigenvalue weighted by Gasteiger charge is 2.24. The number of hydrogen-bond donors (Lipinski definition) is 1. The van der Waals surface area contributed by atoms with Crippen LogP contribution in [-0.2, 0) is 13.6 Å². The van der Waals surface area contributed by atoms with E-state index in [9.17, 15) is 9.59 Å². The van der Waals surface area contributed by atoms with Crippen molar-refractivity contribution in [3.05, 3.63) is 53.9 Å². The number of carbonyl (C=O) groups is 2. The molecule has 0 spiro atoms. The Morgan fingerprint density at radius 2 is 1.74 bits per heavy atom. The van der Waals surface area contributed by atoms with Crippen LogP contribution in [0.2, 0.25) is 0 Å². The minimum absolute atomic E-state index is 0.0972. The molecule has 0 saturated carbocycles. The minimum atomic E-state index is -0.101. The fourth-order valence-corrected chi connectivity index (χ4v) is 4.84. The standard InChI is InChI=1S/C26H32N6O3/c1-29-23-9-8-19(25(33)31-10-3-4-11-31)16-22(23)28-24(29)18-30-12-14-32(15-13-30)26(34)27-20-6-5-7-21(17-20)35-2/h5-9,16-17H,3-4,10-15,18H2,1-2H3,(H,27,34). The van der Waals surface area contributed by atoms with Crippen molar-refractivity contribution in [3.8, 4) is 5.75 Å². The molecule has 3 heterocycles. The number of ether oxygens (including phenoxy) is 1. The van der Waals surface area contributed by atoms with E-state index in [0.29, 0.717) is 30.9 Å². The molecule has 1 N–H and O–H groups in total. The summed E-state index contributed by atoms with van der Waals surface area (Å²) in [5.74, 6) is 1.77. The van der Waals surface area contributed by atoms with Crippen LogP contribution >= 0.6 is 0 Å². The highest BCUT2D eigenvalue weighted by molar-refractivity contribution is 5.97. The van der Waals surface area contributed by atoms with Crippen LogP contribution in [0.5, 0.6) is 5.75 Å². The van der Waals surface area contributed by atoms with Gasteiger partial charge in [0.05, 0.1) is 24.7 Å². The molecule has 2 aliphatic rings. The monoisotopic (exact) mass is 476 g/mol. The number of fused-ring (bicyclic) bond motifs is 1. The first-order valence-electron chi connectivity index (χ1n) is 12.2. The molecule has 2 aliphatic heterocycles. The smallest absolute Gasteiger partial charge is 0.321 e. The summed E-state index contributed by atoms with van der Waals surface area (Å²) < 4.78 is 7.33. The van der Waals surface area contributed by atoms with Crippen molar-refractivity contribution in [1.29, 1.82) is 0 Å². The van der Waals surface area contributed by atoms with Crippen molar-refractivity contribution in [2.24, 2.45) is 7.05 Å². The lowest BCUT2D eigenvalue weighted by Gasteiger charge is -2.34. The third-order valence-corrected chi connectivity index (χ3v) is 6.96. The van der Waals surface area contributed by atoms with Crippen LogP contribution in [0.15, 0.2) is 42.5 Å². The molecule has 0 aliphatic carbocycles. The Hall–Kier alpha value is -3.59. The average molecular weight is 477 g/mol. The number of urea groups is 1. The summed E-state index contributed by atoms with van der Waals surface area (Å²) >= 11 is 0. The van der Waals surface area contributed by atoms with Crippen LogP contribution in [0.25, 0.3) is 11.0 Å². The summed E-state index contributed by atoms with van der Waals surface area (Å²) in [5, 5.41) is 2.95. The van der Waals surface area contributed by atoms with E-state index in [1.165, 1.54) is 0 Å². The van der Waals surface area contributed by atoms with Gasteiger partial charge in [-0.15, -0.1) is 0 Å². The number of piperazine rings is 1. The van der Waals surface area contributed by atoms with Crippen LogP contribution in [0.1, 0.15) is 29.0 Å². The van der Waals surface area contributed by atoms with Crippen LogP contribution in [0.3, 0.4) is 0 Å². The van der Waals surface area contributed by atoms with E-state index in [2.05, 4.69) is 14.8 Å². The molecule has 2 fully saturated rings. The third kappa shape index (κ3) is 4.95. The summed E-state index contributed by atoms with van der Waals surface area (Å²) in [7, 11) is 3.63. The molecule has 35 heavy (non-hydrogen) atoms. The molecule has 3 amide bonds. The Bertz CT molecular complexity index is 1230. The number of benzene rings is 2. The first-order valence-corrected chi connectivity index (χ1v) is 12.2. The minimum Gasteiger partial charge on any atom is -0.497 e. The molecular weight excluding hydrogens is 444 g/mol. The van der Waals surface area contributed by atoms with E-state index in [-0.39, 0.29) is 11.9 Å². The quantitative estimate of drug-likeness (QED) is 0.612. The topological polar surface area (TPSA) is 82.9 Å². The number of carbonyl (C=O) groups excluding carboxylic acids is 2. The summed E-state index contributed by atoms with van der Waals surface area (Å²) in [6.45, 7) is 5.22. The van der Waals surface area contributed by atoms with E-state index in [1.54, 1.807) is 7.11 Å². The number of nitrogens with one attached hydrogen (secondary N) is 1. The van der Waals surface area contributed by atoms with Gasteiger partial charge in [0.25, 0.3) is 5.91 Å². The summed E-state index contributed by atoms with van der Waals surface area (Å²) in [4.78, 5) is 36.4. The molecule has 1 aromatic heterocycles. The van der Waals surface area contributed by atoms with Gasteiger partial charge in [0.15, 0.2) is 0 Å². The van der Waals surface area contributed by atoms with E-state index in [0.717, 1.165) is 61.6 Å². The number of anilines is 1. The van der Waals surface area contributed by atoms with Crippen molar-refractivity contribution >= 4 is 28.7 Å². The van der Waals surface area contributed by atoms with Crippen LogP contribution in [0, 0.1) is 0 Å². The molecule has 3 aromatic rings. The molecular formula is C26H32N6O3. The Morgan fingerprint density at radius 3 is 2.49 bits per heavy atom. The molecule has 5 rings (SSSR count). The predicted octanol–water partition coefficient (Wildman–Crippen LogP) is 3.17. The first kappa shape index (κ1) is 23.2. The Balaban J connectivity index is 1.19. The number of nitrogens with zero attached hydrogens (tertiary/aromatic N) is 5. The van der Waals surface area contributed by atoms with Gasteiger partial charge >= 0.3 is 6.03 Å². The molecule has 2 aromatic carbocycles. The van der Waals surface area contributed by atoms with E-state index in [1.807, 2.05) is 59.3 Å². The average Bonchev–Trinajstić information content (AvgIpc) is 3.52. The zero-order valence-corrected chi connectivity index (χ0v) is 20.4. The molecule has 0 atom stereocenters. The number of aryl methyl sites for hydroxylation is 1. The number of methoxy groups -OCH3 is 1. The second kappa shape index (κ2) is 9.95. The van der Waals surface area contributed by atoms with Crippen molar-refractivity contribution in [3.63, 3.8) is 0 Å². The largest absolute Gasteiger partial charge is 0.497 e. The molecule has 0 unspecified atom stereocenters. The lowest BCUT2D eigenvalue weighted by Crippen LogP contribution is -2.49. The molecule has 9 heteroatoms. The Morgan fingerprint density at radius 1 is 0.971 bits per heavy atom. The number of hydrogen-bond acceptors (Lipinski definition) is 5. The normalized spacial score (nSPS) is 16.6. The number of likely N-dealkylation sites (tertiary alicyclic amines) is 1.